The van der Waals surface area contributed by atoms with Gasteiger partial charge in [-0.15, -0.1) is 11.3 Å². The van der Waals surface area contributed by atoms with E-state index in [0.717, 1.165) is 38.5 Å². The van der Waals surface area contributed by atoms with Gasteiger partial charge in [-0.05, 0) is 19.3 Å². The lowest BCUT2D eigenvalue weighted by molar-refractivity contribution is -0.122. The molecule has 0 aromatic carbocycles. The molecule has 8 heteroatoms. The molecule has 1 amide bonds. The molecule has 1 aliphatic carbocycles. The zero-order chi connectivity index (χ0) is 18.5. The summed E-state index contributed by atoms with van der Waals surface area (Å²) in [6, 6.07) is 0.195. The number of esters is 1. The van der Waals surface area contributed by atoms with Crippen LogP contribution in [0.25, 0.3) is 10.2 Å². The van der Waals surface area contributed by atoms with Crippen LogP contribution in [-0.2, 0) is 16.1 Å². The first-order chi connectivity index (χ1) is 12.6. The predicted molar refractivity (Wildman–Crippen MR) is 99.5 cm³/mol. The number of carbonyl (C=O) groups is 2. The molecule has 26 heavy (non-hydrogen) atoms. The summed E-state index contributed by atoms with van der Waals surface area (Å²) in [4.78, 5) is 41.9. The van der Waals surface area contributed by atoms with E-state index in [4.69, 9.17) is 4.74 Å². The first kappa shape index (κ1) is 18.6. The zero-order valence-corrected chi connectivity index (χ0v) is 15.6. The van der Waals surface area contributed by atoms with Gasteiger partial charge >= 0.3 is 5.97 Å². The van der Waals surface area contributed by atoms with E-state index in [2.05, 4.69) is 10.3 Å². The van der Waals surface area contributed by atoms with Crippen molar-refractivity contribution in [1.29, 1.82) is 0 Å². The van der Waals surface area contributed by atoms with E-state index in [1.165, 1.54) is 22.2 Å². The van der Waals surface area contributed by atoms with Gasteiger partial charge in [-0.2, -0.15) is 0 Å². The van der Waals surface area contributed by atoms with Gasteiger partial charge in [0, 0.05) is 11.4 Å². The Hall–Kier alpha value is -2.22. The zero-order valence-electron chi connectivity index (χ0n) is 14.8. The molecule has 0 atom stereocenters. The number of thiophene rings is 1. The molecule has 2 heterocycles. The molecule has 0 saturated heterocycles. The maximum atomic E-state index is 12.8. The van der Waals surface area contributed by atoms with Crippen molar-refractivity contribution >= 4 is 33.4 Å². The SMILES string of the molecule is CCCCOC(=O)c1csc2ncn(CC(=O)NC3CCCC3)c(=O)c12. The van der Waals surface area contributed by atoms with Crippen LogP contribution in [0.2, 0.25) is 0 Å². The number of ether oxygens (including phenoxy) is 1. The van der Waals surface area contributed by atoms with E-state index in [9.17, 15) is 14.4 Å². The Balaban J connectivity index is 1.78. The molecule has 0 spiro atoms. The van der Waals surface area contributed by atoms with E-state index >= 15 is 0 Å². The molecule has 0 unspecified atom stereocenters. The monoisotopic (exact) mass is 377 g/mol. The Kier molecular flexibility index (Phi) is 6.03. The van der Waals surface area contributed by atoms with E-state index < -0.39 is 5.97 Å². The number of rotatable bonds is 7. The maximum absolute atomic E-state index is 12.8. The third-order valence-electron chi connectivity index (χ3n) is 4.55. The Morgan fingerprint density at radius 1 is 1.38 bits per heavy atom. The van der Waals surface area contributed by atoms with Crippen LogP contribution in [0.4, 0.5) is 0 Å². The molecular formula is C18H23N3O4S. The first-order valence-electron chi connectivity index (χ1n) is 9.03. The van der Waals surface area contributed by atoms with Gasteiger partial charge in [-0.3, -0.25) is 14.2 Å². The van der Waals surface area contributed by atoms with Crippen molar-refractivity contribution in [1.82, 2.24) is 14.9 Å². The van der Waals surface area contributed by atoms with Crippen molar-refractivity contribution in [3.05, 3.63) is 27.6 Å². The predicted octanol–water partition coefficient (Wildman–Crippen LogP) is 2.47. The lowest BCUT2D eigenvalue weighted by Gasteiger charge is -2.12. The summed E-state index contributed by atoms with van der Waals surface area (Å²) in [5.41, 5.74) is -0.163. The number of hydrogen-bond donors (Lipinski definition) is 1. The number of nitrogens with one attached hydrogen (secondary N) is 1. The van der Waals surface area contributed by atoms with Gasteiger partial charge in [0.1, 0.15) is 11.4 Å². The van der Waals surface area contributed by atoms with Crippen LogP contribution < -0.4 is 10.9 Å². The number of aromatic nitrogens is 2. The summed E-state index contributed by atoms with van der Waals surface area (Å²) in [6.07, 6.45) is 7.27. The minimum Gasteiger partial charge on any atom is -0.462 e. The number of fused-ring (bicyclic) bond motifs is 1. The molecular weight excluding hydrogens is 354 g/mol. The van der Waals surface area contributed by atoms with Crippen molar-refractivity contribution in [2.75, 3.05) is 6.61 Å². The fourth-order valence-electron chi connectivity index (χ4n) is 3.12. The number of hydrogen-bond acceptors (Lipinski definition) is 6. The summed E-state index contributed by atoms with van der Waals surface area (Å²) < 4.78 is 6.46. The Bertz CT molecular complexity index is 852. The van der Waals surface area contributed by atoms with Crippen molar-refractivity contribution in [3.8, 4) is 0 Å². The van der Waals surface area contributed by atoms with Crippen molar-refractivity contribution < 1.29 is 14.3 Å². The van der Waals surface area contributed by atoms with E-state index in [1.807, 2.05) is 6.92 Å². The van der Waals surface area contributed by atoms with Crippen LogP contribution in [-0.4, -0.2) is 34.1 Å². The van der Waals surface area contributed by atoms with Crippen molar-refractivity contribution in [2.24, 2.45) is 0 Å². The lowest BCUT2D eigenvalue weighted by atomic mass is 10.2. The Morgan fingerprint density at radius 3 is 2.88 bits per heavy atom. The highest BCUT2D eigenvalue weighted by Gasteiger charge is 2.21. The van der Waals surface area contributed by atoms with Crippen LogP contribution >= 0.6 is 11.3 Å². The molecule has 1 saturated carbocycles. The maximum Gasteiger partial charge on any atom is 0.339 e. The summed E-state index contributed by atoms with van der Waals surface area (Å²) in [6.45, 7) is 2.23. The summed E-state index contributed by atoms with van der Waals surface area (Å²) in [5.74, 6) is -0.723. The van der Waals surface area contributed by atoms with Gasteiger partial charge in [0.25, 0.3) is 5.56 Å². The largest absolute Gasteiger partial charge is 0.462 e. The molecule has 2 aromatic heterocycles. The fraction of sp³-hybridized carbons (Fsp3) is 0.556. The minimum atomic E-state index is -0.517. The van der Waals surface area contributed by atoms with Crippen molar-refractivity contribution in [3.63, 3.8) is 0 Å². The van der Waals surface area contributed by atoms with Gasteiger partial charge in [-0.1, -0.05) is 26.2 Å². The number of carbonyl (C=O) groups excluding carboxylic acids is 2. The van der Waals surface area contributed by atoms with Gasteiger partial charge in [0.15, 0.2) is 0 Å². The van der Waals surface area contributed by atoms with Gasteiger partial charge in [-0.25, -0.2) is 9.78 Å². The molecule has 1 aliphatic rings. The number of unbranched alkanes of at least 4 members (excludes halogenated alkanes) is 1. The molecule has 2 aromatic rings. The Labute approximate surface area is 155 Å². The second-order valence-corrected chi connectivity index (χ2v) is 7.40. The lowest BCUT2D eigenvalue weighted by Crippen LogP contribution is -2.37. The first-order valence-corrected chi connectivity index (χ1v) is 9.91. The average Bonchev–Trinajstić information content (AvgIpc) is 3.27. The Morgan fingerprint density at radius 2 is 2.15 bits per heavy atom. The molecule has 0 aliphatic heterocycles. The molecule has 0 radical (unpaired) electrons. The van der Waals surface area contributed by atoms with Crippen molar-refractivity contribution in [2.45, 2.75) is 58.0 Å². The standard InChI is InChI=1S/C18H23N3O4S/c1-2-3-8-25-18(24)13-10-26-16-15(13)17(23)21(11-19-16)9-14(22)20-12-6-4-5-7-12/h10-12H,2-9H2,1H3,(H,20,22). The fourth-order valence-corrected chi connectivity index (χ4v) is 3.98. The topological polar surface area (TPSA) is 90.3 Å². The highest BCUT2D eigenvalue weighted by Crippen LogP contribution is 2.22. The number of nitrogens with zero attached hydrogens (tertiary/aromatic N) is 2. The highest BCUT2D eigenvalue weighted by molar-refractivity contribution is 7.17. The minimum absolute atomic E-state index is 0.0988. The summed E-state index contributed by atoms with van der Waals surface area (Å²) in [5, 5.41) is 4.78. The van der Waals surface area contributed by atoms with Crippen LogP contribution in [0.3, 0.4) is 0 Å². The molecule has 1 N–H and O–H groups in total. The molecule has 140 valence electrons. The number of amides is 1. The van der Waals surface area contributed by atoms with Crippen LogP contribution in [0.15, 0.2) is 16.5 Å². The smallest absolute Gasteiger partial charge is 0.339 e. The highest BCUT2D eigenvalue weighted by atomic mass is 32.1. The van der Waals surface area contributed by atoms with Gasteiger partial charge < -0.3 is 10.1 Å². The van der Waals surface area contributed by atoms with Gasteiger partial charge in [0.05, 0.1) is 23.9 Å². The third kappa shape index (κ3) is 4.12. The third-order valence-corrected chi connectivity index (χ3v) is 5.43. The average molecular weight is 377 g/mol. The van der Waals surface area contributed by atoms with Gasteiger partial charge in [0.2, 0.25) is 5.91 Å². The van der Waals surface area contributed by atoms with Crippen LogP contribution in [0.5, 0.6) is 0 Å². The summed E-state index contributed by atoms with van der Waals surface area (Å²) in [7, 11) is 0. The van der Waals surface area contributed by atoms with E-state index in [0.29, 0.717) is 11.4 Å². The van der Waals surface area contributed by atoms with Crippen LogP contribution in [0, 0.1) is 0 Å². The van der Waals surface area contributed by atoms with E-state index in [1.54, 1.807) is 5.38 Å². The molecule has 1 fully saturated rings. The molecule has 0 bridgehead atoms. The second kappa shape index (κ2) is 8.44. The second-order valence-electron chi connectivity index (χ2n) is 6.55. The molecule has 7 nitrogen and oxygen atoms in total. The normalized spacial score (nSPS) is 14.7. The van der Waals surface area contributed by atoms with E-state index in [-0.39, 0.29) is 35.0 Å². The molecule has 3 rings (SSSR count). The quantitative estimate of drug-likeness (QED) is 0.591. The van der Waals surface area contributed by atoms with Crippen LogP contribution in [0.1, 0.15) is 55.8 Å². The summed E-state index contributed by atoms with van der Waals surface area (Å²) >= 11 is 1.22.